The van der Waals surface area contributed by atoms with Crippen LogP contribution in [0.15, 0.2) is 36.5 Å². The number of aromatic nitrogens is 3. The molecule has 3 aromatic rings. The number of hydrogen-bond donors (Lipinski definition) is 1. The minimum Gasteiger partial charge on any atom is -0.351 e. The maximum absolute atomic E-state index is 12.9. The number of halogens is 1. The van der Waals surface area contributed by atoms with Crippen molar-refractivity contribution in [2.45, 2.75) is 39.0 Å². The summed E-state index contributed by atoms with van der Waals surface area (Å²) in [6, 6.07) is 9.53. The van der Waals surface area contributed by atoms with Gasteiger partial charge in [-0.2, -0.15) is 5.10 Å². The third-order valence-corrected chi connectivity index (χ3v) is 5.87. The van der Waals surface area contributed by atoms with E-state index in [4.69, 9.17) is 16.7 Å². The van der Waals surface area contributed by atoms with Gasteiger partial charge in [-0.15, -0.1) is 0 Å². The summed E-state index contributed by atoms with van der Waals surface area (Å²) in [6.07, 6.45) is 7.19. The Hall–Kier alpha value is -2.44. The molecule has 1 fully saturated rings. The lowest BCUT2D eigenvalue weighted by Gasteiger charge is -2.26. The first-order valence-corrected chi connectivity index (χ1v) is 11.2. The molecule has 1 aliphatic heterocycles. The molecule has 30 heavy (non-hydrogen) atoms. The summed E-state index contributed by atoms with van der Waals surface area (Å²) in [5.41, 5.74) is 4.04. The van der Waals surface area contributed by atoms with E-state index < -0.39 is 0 Å². The molecule has 0 atom stereocenters. The molecule has 158 valence electrons. The van der Waals surface area contributed by atoms with Crippen LogP contribution in [0.3, 0.4) is 0 Å². The first-order chi connectivity index (χ1) is 14.7. The SMILES string of the molecule is CCCc1c(C(=O)NCCN2CCCCC2)cnc2cc(-c3ccc(Cl)cc3)nn12. The summed E-state index contributed by atoms with van der Waals surface area (Å²) in [6.45, 7) is 5.91. The zero-order chi connectivity index (χ0) is 20.9. The molecule has 0 saturated carbocycles. The molecule has 0 spiro atoms. The van der Waals surface area contributed by atoms with Gasteiger partial charge in [0.2, 0.25) is 0 Å². The third-order valence-electron chi connectivity index (χ3n) is 5.62. The number of carbonyl (C=O) groups excluding carboxylic acids is 1. The number of benzene rings is 1. The first-order valence-electron chi connectivity index (χ1n) is 10.8. The maximum atomic E-state index is 12.9. The van der Waals surface area contributed by atoms with Gasteiger partial charge in [-0.1, -0.05) is 43.5 Å². The quantitative estimate of drug-likeness (QED) is 0.615. The van der Waals surface area contributed by atoms with E-state index in [0.717, 1.165) is 55.1 Å². The van der Waals surface area contributed by atoms with Crippen LogP contribution in [-0.4, -0.2) is 51.6 Å². The Morgan fingerprint density at radius 3 is 2.67 bits per heavy atom. The standard InChI is InChI=1S/C23H28ClN5O/c1-2-6-21-19(23(30)25-11-14-28-12-4-3-5-13-28)16-26-22-15-20(27-29(21)22)17-7-9-18(24)10-8-17/h7-10,15-16H,2-6,11-14H2,1H3,(H,25,30). The summed E-state index contributed by atoms with van der Waals surface area (Å²) in [4.78, 5) is 19.8. The highest BCUT2D eigenvalue weighted by Crippen LogP contribution is 2.23. The van der Waals surface area contributed by atoms with Crippen LogP contribution in [-0.2, 0) is 6.42 Å². The topological polar surface area (TPSA) is 62.5 Å². The van der Waals surface area contributed by atoms with Gasteiger partial charge in [-0.3, -0.25) is 4.79 Å². The summed E-state index contributed by atoms with van der Waals surface area (Å²) < 4.78 is 1.81. The highest BCUT2D eigenvalue weighted by atomic mass is 35.5. The lowest BCUT2D eigenvalue weighted by Crippen LogP contribution is -2.38. The van der Waals surface area contributed by atoms with Crippen LogP contribution in [0.5, 0.6) is 0 Å². The van der Waals surface area contributed by atoms with Gasteiger partial charge in [0.15, 0.2) is 5.65 Å². The Morgan fingerprint density at radius 1 is 1.17 bits per heavy atom. The Bertz CT molecular complexity index is 1010. The fraction of sp³-hybridized carbons (Fsp3) is 0.435. The molecule has 1 N–H and O–H groups in total. The molecule has 2 aromatic heterocycles. The predicted molar refractivity (Wildman–Crippen MR) is 120 cm³/mol. The predicted octanol–water partition coefficient (Wildman–Crippen LogP) is 4.22. The van der Waals surface area contributed by atoms with Crippen molar-refractivity contribution in [3.05, 3.63) is 52.8 Å². The van der Waals surface area contributed by atoms with Crippen molar-refractivity contribution in [1.29, 1.82) is 0 Å². The number of piperidine rings is 1. The molecule has 3 heterocycles. The van der Waals surface area contributed by atoms with Gasteiger partial charge in [0, 0.05) is 35.9 Å². The summed E-state index contributed by atoms with van der Waals surface area (Å²) in [5, 5.41) is 8.52. The fourth-order valence-corrected chi connectivity index (χ4v) is 4.14. The lowest BCUT2D eigenvalue weighted by atomic mass is 10.1. The number of nitrogens with one attached hydrogen (secondary N) is 1. The molecule has 7 heteroatoms. The number of nitrogens with zero attached hydrogens (tertiary/aromatic N) is 4. The molecule has 0 unspecified atom stereocenters. The van der Waals surface area contributed by atoms with Crippen molar-refractivity contribution >= 4 is 23.2 Å². The minimum absolute atomic E-state index is 0.0756. The summed E-state index contributed by atoms with van der Waals surface area (Å²) in [5.74, 6) is -0.0756. The molecule has 0 bridgehead atoms. The van der Waals surface area contributed by atoms with Crippen LogP contribution in [0.1, 0.15) is 48.7 Å². The van der Waals surface area contributed by atoms with E-state index in [2.05, 4.69) is 22.1 Å². The average Bonchev–Trinajstić information content (AvgIpc) is 3.20. The lowest BCUT2D eigenvalue weighted by molar-refractivity contribution is 0.0944. The molecular formula is C23H28ClN5O. The van der Waals surface area contributed by atoms with E-state index >= 15 is 0 Å². The summed E-state index contributed by atoms with van der Waals surface area (Å²) >= 11 is 6.01. The monoisotopic (exact) mass is 425 g/mol. The van der Waals surface area contributed by atoms with Crippen molar-refractivity contribution in [1.82, 2.24) is 24.8 Å². The van der Waals surface area contributed by atoms with Crippen LogP contribution >= 0.6 is 11.6 Å². The van der Waals surface area contributed by atoms with E-state index in [0.29, 0.717) is 17.1 Å². The molecule has 0 radical (unpaired) electrons. The van der Waals surface area contributed by atoms with Gasteiger partial charge < -0.3 is 10.2 Å². The Morgan fingerprint density at radius 2 is 1.93 bits per heavy atom. The van der Waals surface area contributed by atoms with E-state index in [1.807, 2.05) is 34.8 Å². The van der Waals surface area contributed by atoms with E-state index in [1.165, 1.54) is 19.3 Å². The van der Waals surface area contributed by atoms with Crippen LogP contribution in [0.4, 0.5) is 0 Å². The van der Waals surface area contributed by atoms with Gasteiger partial charge >= 0.3 is 0 Å². The number of fused-ring (bicyclic) bond motifs is 1. The number of aryl methyl sites for hydroxylation is 1. The molecule has 1 aliphatic rings. The van der Waals surface area contributed by atoms with E-state index in [9.17, 15) is 4.79 Å². The Kier molecular flexibility index (Phi) is 6.65. The number of carbonyl (C=O) groups is 1. The average molecular weight is 426 g/mol. The van der Waals surface area contributed by atoms with Gasteiger partial charge in [0.05, 0.1) is 17.0 Å². The smallest absolute Gasteiger partial charge is 0.254 e. The second-order valence-electron chi connectivity index (χ2n) is 7.83. The minimum atomic E-state index is -0.0756. The van der Waals surface area contributed by atoms with Gasteiger partial charge in [0.25, 0.3) is 5.91 Å². The molecule has 1 amide bonds. The van der Waals surface area contributed by atoms with Crippen molar-refractivity contribution in [2.24, 2.45) is 0 Å². The largest absolute Gasteiger partial charge is 0.351 e. The van der Waals surface area contributed by atoms with Gasteiger partial charge in [0.1, 0.15) is 0 Å². The number of amides is 1. The highest BCUT2D eigenvalue weighted by molar-refractivity contribution is 6.30. The molecule has 4 rings (SSSR count). The molecule has 1 saturated heterocycles. The molecular weight excluding hydrogens is 398 g/mol. The van der Waals surface area contributed by atoms with Crippen LogP contribution in [0, 0.1) is 0 Å². The third kappa shape index (κ3) is 4.65. The summed E-state index contributed by atoms with van der Waals surface area (Å²) in [7, 11) is 0. The van der Waals surface area contributed by atoms with Crippen molar-refractivity contribution in [3.63, 3.8) is 0 Å². The van der Waals surface area contributed by atoms with E-state index in [1.54, 1.807) is 6.20 Å². The van der Waals surface area contributed by atoms with E-state index in [-0.39, 0.29) is 5.91 Å². The highest BCUT2D eigenvalue weighted by Gasteiger charge is 2.18. The van der Waals surface area contributed by atoms with Crippen LogP contribution in [0.25, 0.3) is 16.9 Å². The van der Waals surface area contributed by atoms with Crippen LogP contribution < -0.4 is 5.32 Å². The molecule has 6 nitrogen and oxygen atoms in total. The van der Waals surface area contributed by atoms with Crippen molar-refractivity contribution < 1.29 is 4.79 Å². The number of hydrogen-bond acceptors (Lipinski definition) is 4. The van der Waals surface area contributed by atoms with Gasteiger partial charge in [-0.25, -0.2) is 9.50 Å². The number of likely N-dealkylation sites (tertiary alicyclic amines) is 1. The molecule has 0 aliphatic carbocycles. The number of rotatable bonds is 7. The Balaban J connectivity index is 1.55. The van der Waals surface area contributed by atoms with Crippen LogP contribution in [0.2, 0.25) is 5.02 Å². The molecule has 1 aromatic carbocycles. The van der Waals surface area contributed by atoms with Crippen molar-refractivity contribution in [3.8, 4) is 11.3 Å². The first kappa shape index (κ1) is 20.8. The Labute approximate surface area is 182 Å². The van der Waals surface area contributed by atoms with Crippen molar-refractivity contribution in [2.75, 3.05) is 26.2 Å². The fourth-order valence-electron chi connectivity index (χ4n) is 4.02. The maximum Gasteiger partial charge on any atom is 0.254 e. The zero-order valence-electron chi connectivity index (χ0n) is 17.4. The van der Waals surface area contributed by atoms with Gasteiger partial charge in [-0.05, 0) is 44.5 Å². The zero-order valence-corrected chi connectivity index (χ0v) is 18.2. The second kappa shape index (κ2) is 9.58. The second-order valence-corrected chi connectivity index (χ2v) is 8.27. The normalized spacial score (nSPS) is 14.9.